The molecule has 0 amide bonds. The van der Waals surface area contributed by atoms with Crippen molar-refractivity contribution in [2.24, 2.45) is 0 Å². The summed E-state index contributed by atoms with van der Waals surface area (Å²) in [6.45, 7) is 4.72. The van der Waals surface area contributed by atoms with Crippen LogP contribution in [0.5, 0.6) is 11.5 Å². The predicted molar refractivity (Wildman–Crippen MR) is 116 cm³/mol. The van der Waals surface area contributed by atoms with Crippen LogP contribution < -0.4 is 20.2 Å². The lowest BCUT2D eigenvalue weighted by atomic mass is 9.95. The lowest BCUT2D eigenvalue weighted by Crippen LogP contribution is -2.40. The molecule has 1 saturated heterocycles. The zero-order valence-electron chi connectivity index (χ0n) is 17.9. The third-order valence-corrected chi connectivity index (χ3v) is 5.76. The van der Waals surface area contributed by atoms with Crippen molar-refractivity contribution in [2.75, 3.05) is 39.3 Å². The fraction of sp³-hybridized carbons (Fsp3) is 0.522. The van der Waals surface area contributed by atoms with Crippen LogP contribution >= 0.6 is 0 Å². The minimum Gasteiger partial charge on any atom is -0.493 e. The number of fused-ring (bicyclic) bond motifs is 3. The SMILES string of the molecule is CCCC1COCC(CNc2cc(=O)cc3n2CCc2c-3ccc(OC)c2OC)O1. The number of ether oxygens (including phenoxy) is 4. The highest BCUT2D eigenvalue weighted by molar-refractivity contribution is 5.73. The zero-order valence-corrected chi connectivity index (χ0v) is 17.9. The maximum Gasteiger partial charge on any atom is 0.184 e. The van der Waals surface area contributed by atoms with Crippen molar-refractivity contribution >= 4 is 5.82 Å². The summed E-state index contributed by atoms with van der Waals surface area (Å²) in [5.74, 6) is 2.25. The van der Waals surface area contributed by atoms with Crippen molar-refractivity contribution in [3.63, 3.8) is 0 Å². The number of hydrogen-bond acceptors (Lipinski definition) is 6. The number of rotatable bonds is 7. The molecular weight excluding hydrogens is 384 g/mol. The Bertz CT molecular complexity index is 953. The van der Waals surface area contributed by atoms with E-state index in [1.54, 1.807) is 26.4 Å². The molecule has 2 aromatic rings. The molecule has 1 N–H and O–H groups in total. The number of anilines is 1. The lowest BCUT2D eigenvalue weighted by Gasteiger charge is -2.31. The summed E-state index contributed by atoms with van der Waals surface area (Å²) < 4.78 is 25.0. The third-order valence-electron chi connectivity index (χ3n) is 5.76. The maximum atomic E-state index is 12.5. The molecule has 7 nitrogen and oxygen atoms in total. The van der Waals surface area contributed by atoms with Gasteiger partial charge in [0, 0.05) is 36.3 Å². The largest absolute Gasteiger partial charge is 0.493 e. The lowest BCUT2D eigenvalue weighted by molar-refractivity contribution is -0.134. The first kappa shape index (κ1) is 20.8. The number of aromatic nitrogens is 1. The van der Waals surface area contributed by atoms with Crippen LogP contribution in [0.25, 0.3) is 11.3 Å². The summed E-state index contributed by atoms with van der Waals surface area (Å²) in [5, 5.41) is 3.43. The molecule has 0 radical (unpaired) electrons. The van der Waals surface area contributed by atoms with Gasteiger partial charge in [0.25, 0.3) is 0 Å². The first-order valence-corrected chi connectivity index (χ1v) is 10.6. The van der Waals surface area contributed by atoms with Crippen LogP contribution in [0, 0.1) is 0 Å². The molecule has 30 heavy (non-hydrogen) atoms. The van der Waals surface area contributed by atoms with E-state index in [-0.39, 0.29) is 17.6 Å². The Morgan fingerprint density at radius 2 is 2.00 bits per heavy atom. The summed E-state index contributed by atoms with van der Waals surface area (Å²) in [5.41, 5.74) is 2.92. The third kappa shape index (κ3) is 4.04. The van der Waals surface area contributed by atoms with Gasteiger partial charge < -0.3 is 28.8 Å². The van der Waals surface area contributed by atoms with Crippen LogP contribution in [-0.2, 0) is 22.4 Å². The van der Waals surface area contributed by atoms with Gasteiger partial charge in [-0.25, -0.2) is 0 Å². The molecule has 0 spiro atoms. The second kappa shape index (κ2) is 9.10. The molecule has 3 heterocycles. The van der Waals surface area contributed by atoms with Gasteiger partial charge in [0.2, 0.25) is 0 Å². The summed E-state index contributed by atoms with van der Waals surface area (Å²) in [4.78, 5) is 12.5. The molecule has 0 bridgehead atoms. The Kier molecular flexibility index (Phi) is 6.29. The fourth-order valence-electron chi connectivity index (χ4n) is 4.39. The second-order valence-electron chi connectivity index (χ2n) is 7.78. The smallest absolute Gasteiger partial charge is 0.184 e. The van der Waals surface area contributed by atoms with E-state index in [9.17, 15) is 4.79 Å². The van der Waals surface area contributed by atoms with Gasteiger partial charge in [-0.15, -0.1) is 0 Å². The quantitative estimate of drug-likeness (QED) is 0.751. The van der Waals surface area contributed by atoms with Crippen molar-refractivity contribution in [2.45, 2.75) is 44.9 Å². The fourth-order valence-corrected chi connectivity index (χ4v) is 4.39. The van der Waals surface area contributed by atoms with E-state index in [1.165, 1.54) is 0 Å². The highest BCUT2D eigenvalue weighted by Gasteiger charge is 2.25. The molecule has 1 fully saturated rings. The molecule has 2 aliphatic heterocycles. The molecule has 7 heteroatoms. The van der Waals surface area contributed by atoms with Crippen LogP contribution in [0.2, 0.25) is 0 Å². The number of methoxy groups -OCH3 is 2. The Hall–Kier alpha value is -2.51. The summed E-state index contributed by atoms with van der Waals surface area (Å²) >= 11 is 0. The minimum absolute atomic E-state index is 0.0258. The van der Waals surface area contributed by atoms with Crippen molar-refractivity contribution in [1.29, 1.82) is 0 Å². The van der Waals surface area contributed by atoms with Crippen LogP contribution in [0.15, 0.2) is 29.1 Å². The first-order chi connectivity index (χ1) is 14.6. The van der Waals surface area contributed by atoms with E-state index in [1.807, 2.05) is 12.1 Å². The topological polar surface area (TPSA) is 71.0 Å². The monoisotopic (exact) mass is 414 g/mol. The van der Waals surface area contributed by atoms with E-state index in [0.29, 0.717) is 25.5 Å². The Labute approximate surface area is 176 Å². The summed E-state index contributed by atoms with van der Waals surface area (Å²) in [6.07, 6.45) is 2.99. The van der Waals surface area contributed by atoms with Gasteiger partial charge in [0.05, 0.1) is 45.3 Å². The number of pyridine rings is 1. The van der Waals surface area contributed by atoms with E-state index in [0.717, 1.165) is 54.2 Å². The molecule has 2 unspecified atom stereocenters. The standard InChI is InChI=1S/C23H30N2O5/c1-4-5-16-13-29-14-17(30-16)12-24-22-11-15(26)10-20-18-6-7-21(27-2)23(28-3)19(18)8-9-25(20)22/h6-7,10-11,16-17,24H,4-5,8-9,12-14H2,1-3H3. The van der Waals surface area contributed by atoms with Crippen molar-refractivity contribution in [1.82, 2.24) is 4.57 Å². The Balaban J connectivity index is 1.60. The van der Waals surface area contributed by atoms with Crippen molar-refractivity contribution < 1.29 is 18.9 Å². The molecule has 0 aliphatic carbocycles. The van der Waals surface area contributed by atoms with Gasteiger partial charge in [0.1, 0.15) is 5.82 Å². The van der Waals surface area contributed by atoms with Gasteiger partial charge in [0.15, 0.2) is 16.9 Å². The molecule has 162 valence electrons. The van der Waals surface area contributed by atoms with Crippen molar-refractivity contribution in [3.05, 3.63) is 40.1 Å². The van der Waals surface area contributed by atoms with E-state index < -0.39 is 0 Å². The molecule has 2 atom stereocenters. The highest BCUT2D eigenvalue weighted by Crippen LogP contribution is 2.41. The predicted octanol–water partition coefficient (Wildman–Crippen LogP) is 3.08. The maximum absolute atomic E-state index is 12.5. The number of benzene rings is 1. The number of nitrogens with one attached hydrogen (secondary N) is 1. The van der Waals surface area contributed by atoms with Crippen LogP contribution in [0.3, 0.4) is 0 Å². The molecule has 1 aromatic heterocycles. The minimum atomic E-state index is -0.0314. The molecule has 0 saturated carbocycles. The van der Waals surface area contributed by atoms with Crippen LogP contribution in [0.1, 0.15) is 25.3 Å². The average molecular weight is 415 g/mol. The number of hydrogen-bond donors (Lipinski definition) is 1. The van der Waals surface area contributed by atoms with Gasteiger partial charge in [-0.05, 0) is 25.0 Å². The Morgan fingerprint density at radius 3 is 2.77 bits per heavy atom. The normalized spacial score (nSPS) is 20.2. The van der Waals surface area contributed by atoms with E-state index >= 15 is 0 Å². The van der Waals surface area contributed by atoms with E-state index in [2.05, 4.69) is 16.8 Å². The van der Waals surface area contributed by atoms with Gasteiger partial charge in [-0.1, -0.05) is 13.3 Å². The average Bonchev–Trinajstić information content (AvgIpc) is 2.76. The molecular formula is C23H30N2O5. The molecule has 4 rings (SSSR count). The van der Waals surface area contributed by atoms with Gasteiger partial charge in [-0.3, -0.25) is 4.79 Å². The highest BCUT2D eigenvalue weighted by atomic mass is 16.6. The summed E-state index contributed by atoms with van der Waals surface area (Å²) in [7, 11) is 3.28. The second-order valence-corrected chi connectivity index (χ2v) is 7.78. The van der Waals surface area contributed by atoms with Gasteiger partial charge in [-0.2, -0.15) is 0 Å². The zero-order chi connectivity index (χ0) is 21.1. The van der Waals surface area contributed by atoms with E-state index in [4.69, 9.17) is 18.9 Å². The van der Waals surface area contributed by atoms with Crippen LogP contribution in [0.4, 0.5) is 5.82 Å². The molecule has 1 aromatic carbocycles. The number of nitrogens with zero attached hydrogens (tertiary/aromatic N) is 1. The van der Waals surface area contributed by atoms with Crippen LogP contribution in [-0.4, -0.2) is 50.8 Å². The van der Waals surface area contributed by atoms with Gasteiger partial charge >= 0.3 is 0 Å². The van der Waals surface area contributed by atoms with Crippen molar-refractivity contribution in [3.8, 4) is 22.8 Å². The molecule has 2 aliphatic rings. The Morgan fingerprint density at radius 1 is 1.17 bits per heavy atom. The first-order valence-electron chi connectivity index (χ1n) is 10.6. The summed E-state index contributed by atoms with van der Waals surface area (Å²) in [6, 6.07) is 7.23.